The number of rotatable bonds is 2. The highest BCUT2D eigenvalue weighted by atomic mass is 16.2. The third-order valence-electron chi connectivity index (χ3n) is 1.57. The van der Waals surface area contributed by atoms with Gasteiger partial charge in [0.15, 0.2) is 0 Å². The fourth-order valence-corrected chi connectivity index (χ4v) is 1.05. The first-order valence-electron chi connectivity index (χ1n) is 3.84. The highest BCUT2D eigenvalue weighted by Gasteiger charge is 2.08. The second-order valence-corrected chi connectivity index (χ2v) is 2.83. The topological polar surface area (TPSA) is 113 Å². The lowest BCUT2D eigenvalue weighted by atomic mass is 10.1. The number of H-pyrrole nitrogens is 2. The smallest absolute Gasteiger partial charge is 0.310 e. The second-order valence-electron chi connectivity index (χ2n) is 2.83. The summed E-state index contributed by atoms with van der Waals surface area (Å²) in [4.78, 5) is 26.2. The van der Waals surface area contributed by atoms with Crippen molar-refractivity contribution in [3.05, 3.63) is 32.1 Å². The number of hydrogen-bond donors (Lipinski definition) is 3. The molecule has 0 radical (unpaired) electrons. The molecule has 0 aliphatic heterocycles. The summed E-state index contributed by atoms with van der Waals surface area (Å²) in [5, 5.41) is 15.8. The highest BCUT2D eigenvalue weighted by Crippen LogP contribution is 1.97. The normalized spacial score (nSPS) is 9.43. The van der Waals surface area contributed by atoms with Gasteiger partial charge in [-0.3, -0.25) is 9.78 Å². The van der Waals surface area contributed by atoms with Gasteiger partial charge in [-0.2, -0.15) is 5.26 Å². The standard InChI is InChI=1S/C8H8N4O2/c1-4(10)2-6-5(3-9)7(13)12-8(14)11-6/h10H,2H2,1H3,(H2,11,12,13,14). The molecule has 6 heteroatoms. The van der Waals surface area contributed by atoms with Crippen LogP contribution in [0.4, 0.5) is 0 Å². The average Bonchev–Trinajstić information content (AvgIpc) is 2.01. The van der Waals surface area contributed by atoms with E-state index in [-0.39, 0.29) is 23.4 Å². The monoisotopic (exact) mass is 192 g/mol. The van der Waals surface area contributed by atoms with Crippen LogP contribution in [0.25, 0.3) is 0 Å². The molecule has 0 amide bonds. The molecule has 1 aromatic heterocycles. The lowest BCUT2D eigenvalue weighted by Gasteiger charge is -1.99. The summed E-state index contributed by atoms with van der Waals surface area (Å²) in [5.74, 6) is 0. The maximum atomic E-state index is 11.1. The molecule has 1 rings (SSSR count). The van der Waals surface area contributed by atoms with Crippen LogP contribution in [0.5, 0.6) is 0 Å². The summed E-state index contributed by atoms with van der Waals surface area (Å²) in [7, 11) is 0. The summed E-state index contributed by atoms with van der Waals surface area (Å²) in [6.45, 7) is 1.53. The Morgan fingerprint density at radius 3 is 2.64 bits per heavy atom. The zero-order chi connectivity index (χ0) is 10.7. The Kier molecular flexibility index (Phi) is 2.62. The molecule has 72 valence electrons. The summed E-state index contributed by atoms with van der Waals surface area (Å²) in [5.41, 5.74) is -1.06. The van der Waals surface area contributed by atoms with Gasteiger partial charge < -0.3 is 10.4 Å². The van der Waals surface area contributed by atoms with Crippen molar-refractivity contribution in [2.75, 3.05) is 0 Å². The SMILES string of the molecule is CC(=N)Cc1[nH]c(=O)[nH]c(=O)c1C#N. The Balaban J connectivity index is 3.42. The van der Waals surface area contributed by atoms with Gasteiger partial charge in [0.25, 0.3) is 5.56 Å². The van der Waals surface area contributed by atoms with E-state index in [4.69, 9.17) is 10.7 Å². The summed E-state index contributed by atoms with van der Waals surface area (Å²) < 4.78 is 0. The zero-order valence-electron chi connectivity index (χ0n) is 7.47. The van der Waals surface area contributed by atoms with Crippen LogP contribution in [0.2, 0.25) is 0 Å². The Labute approximate surface area is 78.7 Å². The minimum atomic E-state index is -0.715. The van der Waals surface area contributed by atoms with Gasteiger partial charge in [-0.1, -0.05) is 0 Å². The molecule has 0 unspecified atom stereocenters. The number of aromatic amines is 2. The van der Waals surface area contributed by atoms with Crippen LogP contribution >= 0.6 is 0 Å². The van der Waals surface area contributed by atoms with Gasteiger partial charge in [0.05, 0.1) is 0 Å². The van der Waals surface area contributed by atoms with Crippen molar-refractivity contribution in [2.24, 2.45) is 0 Å². The molecule has 1 aromatic rings. The molecule has 0 aliphatic carbocycles. The Bertz CT molecular complexity index is 517. The molecule has 1 heterocycles. The van der Waals surface area contributed by atoms with E-state index in [1.54, 1.807) is 6.07 Å². The number of nitrogens with zero attached hydrogens (tertiary/aromatic N) is 1. The first-order chi connectivity index (χ1) is 6.54. The predicted octanol–water partition coefficient (Wildman–Crippen LogP) is -0.483. The fraction of sp³-hybridized carbons (Fsp3) is 0.250. The van der Waals surface area contributed by atoms with Gasteiger partial charge in [0, 0.05) is 17.8 Å². The van der Waals surface area contributed by atoms with Gasteiger partial charge in [-0.15, -0.1) is 0 Å². The van der Waals surface area contributed by atoms with E-state index in [2.05, 4.69) is 4.98 Å². The molecule has 0 fully saturated rings. The number of nitriles is 1. The molecule has 0 bridgehead atoms. The Morgan fingerprint density at radius 1 is 1.50 bits per heavy atom. The largest absolute Gasteiger partial charge is 0.325 e. The average molecular weight is 192 g/mol. The van der Waals surface area contributed by atoms with Crippen LogP contribution in [-0.4, -0.2) is 15.7 Å². The van der Waals surface area contributed by atoms with Crippen LogP contribution in [0.15, 0.2) is 9.59 Å². The molecule has 0 saturated heterocycles. The molecule has 0 aromatic carbocycles. The van der Waals surface area contributed by atoms with Crippen molar-refractivity contribution in [3.8, 4) is 6.07 Å². The van der Waals surface area contributed by atoms with E-state index in [0.29, 0.717) is 0 Å². The van der Waals surface area contributed by atoms with Crippen LogP contribution in [0.1, 0.15) is 18.2 Å². The molecule has 14 heavy (non-hydrogen) atoms. The molecule has 0 saturated carbocycles. The van der Waals surface area contributed by atoms with Crippen LogP contribution < -0.4 is 11.2 Å². The van der Waals surface area contributed by atoms with E-state index in [1.807, 2.05) is 4.98 Å². The first kappa shape index (κ1) is 9.92. The van der Waals surface area contributed by atoms with Crippen molar-refractivity contribution < 1.29 is 0 Å². The van der Waals surface area contributed by atoms with Crippen molar-refractivity contribution in [3.63, 3.8) is 0 Å². The zero-order valence-corrected chi connectivity index (χ0v) is 7.47. The Morgan fingerprint density at radius 2 is 2.14 bits per heavy atom. The van der Waals surface area contributed by atoms with Gasteiger partial charge in [0.2, 0.25) is 0 Å². The lowest BCUT2D eigenvalue weighted by Crippen LogP contribution is -2.27. The van der Waals surface area contributed by atoms with Crippen LogP contribution in [-0.2, 0) is 6.42 Å². The molecule has 0 spiro atoms. The molecule has 0 atom stereocenters. The van der Waals surface area contributed by atoms with E-state index in [1.165, 1.54) is 6.92 Å². The maximum absolute atomic E-state index is 11.1. The van der Waals surface area contributed by atoms with Gasteiger partial charge in [-0.05, 0) is 6.92 Å². The van der Waals surface area contributed by atoms with E-state index in [0.717, 1.165) is 0 Å². The minimum absolute atomic E-state index is 0.0993. The van der Waals surface area contributed by atoms with E-state index >= 15 is 0 Å². The van der Waals surface area contributed by atoms with Crippen LogP contribution in [0, 0.1) is 16.7 Å². The quantitative estimate of drug-likeness (QED) is 0.549. The van der Waals surface area contributed by atoms with Crippen molar-refractivity contribution in [1.29, 1.82) is 10.7 Å². The summed E-state index contributed by atoms with van der Waals surface area (Å²) in [6, 6.07) is 1.69. The fourth-order valence-electron chi connectivity index (χ4n) is 1.05. The molecular weight excluding hydrogens is 184 g/mol. The number of aromatic nitrogens is 2. The highest BCUT2D eigenvalue weighted by molar-refractivity contribution is 5.81. The van der Waals surface area contributed by atoms with Gasteiger partial charge in [0.1, 0.15) is 11.6 Å². The van der Waals surface area contributed by atoms with Gasteiger partial charge in [-0.25, -0.2) is 4.79 Å². The number of nitrogens with one attached hydrogen (secondary N) is 3. The molecule has 6 nitrogen and oxygen atoms in total. The summed E-state index contributed by atoms with van der Waals surface area (Å²) >= 11 is 0. The molecular formula is C8H8N4O2. The molecule has 0 aliphatic rings. The Hall–Kier alpha value is -2.16. The van der Waals surface area contributed by atoms with E-state index in [9.17, 15) is 9.59 Å². The summed E-state index contributed by atoms with van der Waals surface area (Å²) in [6.07, 6.45) is 0.0993. The third kappa shape index (κ3) is 1.95. The third-order valence-corrected chi connectivity index (χ3v) is 1.57. The van der Waals surface area contributed by atoms with Crippen LogP contribution in [0.3, 0.4) is 0 Å². The predicted molar refractivity (Wildman–Crippen MR) is 49.5 cm³/mol. The minimum Gasteiger partial charge on any atom is -0.310 e. The van der Waals surface area contributed by atoms with Crippen molar-refractivity contribution in [1.82, 2.24) is 9.97 Å². The van der Waals surface area contributed by atoms with E-state index < -0.39 is 11.2 Å². The number of hydrogen-bond acceptors (Lipinski definition) is 4. The lowest BCUT2D eigenvalue weighted by molar-refractivity contribution is 0.959. The second kappa shape index (κ2) is 3.70. The molecule has 3 N–H and O–H groups in total. The maximum Gasteiger partial charge on any atom is 0.325 e. The van der Waals surface area contributed by atoms with Gasteiger partial charge >= 0.3 is 5.69 Å². The van der Waals surface area contributed by atoms with Crippen molar-refractivity contribution in [2.45, 2.75) is 13.3 Å². The van der Waals surface area contributed by atoms with Crippen molar-refractivity contribution >= 4 is 5.71 Å². The first-order valence-corrected chi connectivity index (χ1v) is 3.84.